The van der Waals surface area contributed by atoms with E-state index in [1.54, 1.807) is 78.9 Å². The normalized spacial score (nSPS) is 12.6. The first-order chi connectivity index (χ1) is 23.4. The number of anilines is 1. The summed E-state index contributed by atoms with van der Waals surface area (Å²) in [4.78, 5) is 52.1. The Morgan fingerprint density at radius 1 is 0.898 bits per heavy atom. The number of pyridine rings is 1. The summed E-state index contributed by atoms with van der Waals surface area (Å²) in [5.74, 6) is -7.63. The number of amides is 3. The monoisotopic (exact) mass is 694 g/mol. The molecule has 4 aromatic rings. The van der Waals surface area contributed by atoms with E-state index in [2.05, 4.69) is 16.0 Å². The van der Waals surface area contributed by atoms with Gasteiger partial charge in [-0.1, -0.05) is 104 Å². The van der Waals surface area contributed by atoms with Crippen molar-refractivity contribution in [1.82, 2.24) is 15.2 Å². The molecule has 4 rings (SSSR count). The molecular formula is C36H37ClF2N4O6. The Kier molecular flexibility index (Phi) is 12.6. The zero-order chi connectivity index (χ0) is 35.6. The molecule has 10 nitrogen and oxygen atoms in total. The summed E-state index contributed by atoms with van der Waals surface area (Å²) < 4.78 is 36.7. The van der Waals surface area contributed by atoms with Gasteiger partial charge < -0.3 is 20.5 Å². The van der Waals surface area contributed by atoms with Gasteiger partial charge in [0.1, 0.15) is 24.9 Å². The summed E-state index contributed by atoms with van der Waals surface area (Å²) in [5, 5.41) is 17.9. The average Bonchev–Trinajstić information content (AvgIpc) is 3.09. The molecule has 0 fully saturated rings. The van der Waals surface area contributed by atoms with Crippen LogP contribution in [0.1, 0.15) is 25.0 Å². The fraction of sp³-hybridized carbons (Fsp3) is 0.278. The Balaban J connectivity index is 1.52. The second-order valence-corrected chi connectivity index (χ2v) is 12.0. The molecule has 0 spiro atoms. The van der Waals surface area contributed by atoms with E-state index in [1.165, 1.54) is 26.0 Å². The number of aliphatic hydroxyl groups is 1. The van der Waals surface area contributed by atoms with E-state index >= 15 is 8.78 Å². The van der Waals surface area contributed by atoms with E-state index in [0.29, 0.717) is 12.0 Å². The van der Waals surface area contributed by atoms with Crippen LogP contribution in [0.15, 0.2) is 102 Å². The van der Waals surface area contributed by atoms with Gasteiger partial charge in [-0.15, -0.1) is 0 Å². The van der Waals surface area contributed by atoms with Crippen molar-refractivity contribution in [3.63, 3.8) is 0 Å². The van der Waals surface area contributed by atoms with Crippen LogP contribution in [-0.4, -0.2) is 52.2 Å². The molecule has 3 amide bonds. The number of benzene rings is 3. The Hall–Kier alpha value is -5.07. The van der Waals surface area contributed by atoms with Gasteiger partial charge in [0.05, 0.1) is 11.7 Å². The molecule has 2 atom stereocenters. The van der Waals surface area contributed by atoms with Gasteiger partial charge in [-0.2, -0.15) is 8.78 Å². The smallest absolute Gasteiger partial charge is 0.412 e. The number of ether oxygens (including phenoxy) is 1. The van der Waals surface area contributed by atoms with Crippen LogP contribution in [-0.2, 0) is 33.9 Å². The third-order valence-corrected chi connectivity index (χ3v) is 8.01. The summed E-state index contributed by atoms with van der Waals surface area (Å²) in [6.45, 7) is 2.12. The molecular weight excluding hydrogens is 658 g/mol. The second kappa shape index (κ2) is 16.8. The highest BCUT2D eigenvalue weighted by atomic mass is 35.5. The lowest BCUT2D eigenvalue weighted by Gasteiger charge is -2.32. The third kappa shape index (κ3) is 9.74. The van der Waals surface area contributed by atoms with E-state index < -0.39 is 54.0 Å². The van der Waals surface area contributed by atoms with Crippen LogP contribution >= 0.6 is 11.6 Å². The highest BCUT2D eigenvalue weighted by molar-refractivity contribution is 6.33. The molecule has 258 valence electrons. The average molecular weight is 695 g/mol. The molecule has 13 heteroatoms. The van der Waals surface area contributed by atoms with Crippen molar-refractivity contribution in [2.24, 2.45) is 5.92 Å². The number of halogens is 3. The van der Waals surface area contributed by atoms with E-state index in [1.807, 2.05) is 6.07 Å². The number of aliphatic hydroxyl groups excluding tert-OH is 1. The number of alkyl halides is 2. The van der Waals surface area contributed by atoms with E-state index in [9.17, 15) is 24.3 Å². The van der Waals surface area contributed by atoms with Crippen molar-refractivity contribution in [1.29, 1.82) is 0 Å². The lowest BCUT2D eigenvalue weighted by Crippen LogP contribution is -2.59. The number of hydrogen-bond acceptors (Lipinski definition) is 6. The fourth-order valence-corrected chi connectivity index (χ4v) is 5.26. The molecule has 2 unspecified atom stereocenters. The van der Waals surface area contributed by atoms with Gasteiger partial charge in [0.15, 0.2) is 0 Å². The minimum absolute atomic E-state index is 0.0599. The largest absolute Gasteiger partial charge is 0.444 e. The highest BCUT2D eigenvalue weighted by Gasteiger charge is 2.51. The Morgan fingerprint density at radius 3 is 2.14 bits per heavy atom. The second-order valence-electron chi connectivity index (χ2n) is 11.6. The molecule has 0 radical (unpaired) electrons. The van der Waals surface area contributed by atoms with Gasteiger partial charge in [-0.05, 0) is 41.7 Å². The lowest BCUT2D eigenvalue weighted by atomic mass is 9.93. The molecule has 4 N–H and O–H groups in total. The molecule has 0 aliphatic carbocycles. The maximum atomic E-state index is 15.2. The van der Waals surface area contributed by atoms with Crippen LogP contribution in [0.2, 0.25) is 5.02 Å². The number of nitrogens with zero attached hydrogens (tertiary/aromatic N) is 1. The van der Waals surface area contributed by atoms with Gasteiger partial charge in [-0.3, -0.25) is 24.3 Å². The standard InChI is InChI=1S/C36H37ClF2N4O6/c1-23(2)31(32(45)36(38,39)34(47)40-20-19-24-11-5-3-6-12-24)42-30(44)21-43-29(26-15-9-10-16-27(26)37)18-17-28(33(43)46)41-35(48)49-22-25-13-7-4-8-14-25/h3-18,23,31-32,45H,19-22H2,1-2H3,(H,40,47)(H,41,48)(H,42,44). The summed E-state index contributed by atoms with van der Waals surface area (Å²) in [5.41, 5.74) is 1.09. The Bertz CT molecular complexity index is 1800. The van der Waals surface area contributed by atoms with Gasteiger partial charge in [0.25, 0.3) is 11.5 Å². The lowest BCUT2D eigenvalue weighted by molar-refractivity contribution is -0.169. The van der Waals surface area contributed by atoms with Gasteiger partial charge in [0.2, 0.25) is 5.91 Å². The van der Waals surface area contributed by atoms with Crippen LogP contribution in [0.5, 0.6) is 0 Å². The van der Waals surface area contributed by atoms with Crippen molar-refractivity contribution < 1.29 is 33.0 Å². The predicted octanol–water partition coefficient (Wildman–Crippen LogP) is 5.41. The molecule has 1 aromatic heterocycles. The molecule has 3 aromatic carbocycles. The van der Waals surface area contributed by atoms with Crippen molar-refractivity contribution in [2.45, 2.75) is 51.5 Å². The first-order valence-electron chi connectivity index (χ1n) is 15.5. The SMILES string of the molecule is CC(C)C(NC(=O)Cn1c(-c2ccccc2Cl)ccc(NC(=O)OCc2ccccc2)c1=O)C(O)C(F)(F)C(=O)NCCc1ccccc1. The topological polar surface area (TPSA) is 139 Å². The number of nitrogens with one attached hydrogen (secondary N) is 3. The van der Waals surface area contributed by atoms with Gasteiger partial charge >= 0.3 is 12.0 Å². The molecule has 1 heterocycles. The van der Waals surface area contributed by atoms with E-state index in [4.69, 9.17) is 16.3 Å². The molecule has 0 bridgehead atoms. The van der Waals surface area contributed by atoms with E-state index in [0.717, 1.165) is 15.7 Å². The summed E-state index contributed by atoms with van der Waals surface area (Å²) >= 11 is 6.40. The number of rotatable bonds is 14. The Morgan fingerprint density at radius 2 is 1.51 bits per heavy atom. The third-order valence-electron chi connectivity index (χ3n) is 7.68. The van der Waals surface area contributed by atoms with Crippen LogP contribution < -0.4 is 21.5 Å². The summed E-state index contributed by atoms with van der Waals surface area (Å²) in [7, 11) is 0. The molecule has 0 saturated heterocycles. The van der Waals surface area contributed by atoms with Crippen molar-refractivity contribution >= 4 is 35.2 Å². The molecule has 0 aliphatic rings. The van der Waals surface area contributed by atoms with Gasteiger partial charge in [-0.25, -0.2) is 4.79 Å². The van der Waals surface area contributed by atoms with Crippen molar-refractivity contribution in [2.75, 3.05) is 11.9 Å². The first kappa shape index (κ1) is 36.8. The fourth-order valence-electron chi connectivity index (χ4n) is 5.03. The van der Waals surface area contributed by atoms with Crippen LogP contribution in [0.3, 0.4) is 0 Å². The van der Waals surface area contributed by atoms with Crippen molar-refractivity contribution in [3.8, 4) is 11.3 Å². The van der Waals surface area contributed by atoms with Crippen LogP contribution in [0.4, 0.5) is 19.3 Å². The number of hydrogen-bond donors (Lipinski definition) is 4. The van der Waals surface area contributed by atoms with Crippen LogP contribution in [0, 0.1) is 5.92 Å². The maximum absolute atomic E-state index is 15.2. The number of aromatic nitrogens is 1. The Labute approximate surface area is 287 Å². The van der Waals surface area contributed by atoms with Crippen molar-refractivity contribution in [3.05, 3.63) is 124 Å². The quantitative estimate of drug-likeness (QED) is 0.139. The van der Waals surface area contributed by atoms with E-state index in [-0.39, 0.29) is 29.6 Å². The maximum Gasteiger partial charge on any atom is 0.412 e. The van der Waals surface area contributed by atoms with Crippen LogP contribution in [0.25, 0.3) is 11.3 Å². The number of carbonyl (C=O) groups excluding carboxylic acids is 3. The molecule has 0 saturated carbocycles. The minimum Gasteiger partial charge on any atom is -0.444 e. The predicted molar refractivity (Wildman–Crippen MR) is 182 cm³/mol. The summed E-state index contributed by atoms with van der Waals surface area (Å²) in [6, 6.07) is 25.6. The molecule has 0 aliphatic heterocycles. The molecule has 49 heavy (non-hydrogen) atoms. The number of carbonyl (C=O) groups is 3. The highest BCUT2D eigenvalue weighted by Crippen LogP contribution is 2.28. The summed E-state index contributed by atoms with van der Waals surface area (Å²) in [6.07, 6.45) is -3.22. The minimum atomic E-state index is -4.26. The zero-order valence-electron chi connectivity index (χ0n) is 26.9. The van der Waals surface area contributed by atoms with Gasteiger partial charge in [0, 0.05) is 17.1 Å². The zero-order valence-corrected chi connectivity index (χ0v) is 27.6. The first-order valence-corrected chi connectivity index (χ1v) is 15.9.